The van der Waals surface area contributed by atoms with Gasteiger partial charge in [0.05, 0.1) is 12.3 Å². The number of morpholine rings is 1. The van der Waals surface area contributed by atoms with Crippen LogP contribution < -0.4 is 10.9 Å². The average molecular weight is 278 g/mol. The lowest BCUT2D eigenvalue weighted by atomic mass is 10.2. The van der Waals surface area contributed by atoms with Crippen molar-refractivity contribution in [3.63, 3.8) is 0 Å². The molecular formula is C14H22N4O2. The van der Waals surface area contributed by atoms with Crippen LogP contribution >= 0.6 is 0 Å². The average Bonchev–Trinajstić information content (AvgIpc) is 2.92. The van der Waals surface area contributed by atoms with Crippen LogP contribution in [0.5, 0.6) is 0 Å². The van der Waals surface area contributed by atoms with Crippen LogP contribution in [0, 0.1) is 0 Å². The number of H-pyrrole nitrogens is 1. The number of fused-ring (bicyclic) bond motifs is 1. The van der Waals surface area contributed by atoms with Gasteiger partial charge in [-0.05, 0) is 25.9 Å². The Balaban J connectivity index is 1.75. The second-order valence-electron chi connectivity index (χ2n) is 5.52. The number of rotatable bonds is 4. The third kappa shape index (κ3) is 2.92. The van der Waals surface area contributed by atoms with Crippen LogP contribution in [0.4, 0.5) is 0 Å². The molecule has 0 radical (unpaired) electrons. The summed E-state index contributed by atoms with van der Waals surface area (Å²) in [4.78, 5) is 21.6. The van der Waals surface area contributed by atoms with Gasteiger partial charge in [-0.3, -0.25) is 9.69 Å². The molecule has 2 aliphatic rings. The first kappa shape index (κ1) is 13.7. The largest absolute Gasteiger partial charge is 0.367 e. The molecule has 2 fully saturated rings. The molecule has 2 N–H and O–H groups in total. The van der Waals surface area contributed by atoms with Crippen molar-refractivity contribution in [2.24, 2.45) is 0 Å². The lowest BCUT2D eigenvalue weighted by Gasteiger charge is -2.34. The second kappa shape index (κ2) is 6.03. The van der Waals surface area contributed by atoms with Gasteiger partial charge in [0.2, 0.25) is 0 Å². The molecule has 6 heteroatoms. The topological polar surface area (TPSA) is 70.2 Å². The van der Waals surface area contributed by atoms with Gasteiger partial charge in [0.1, 0.15) is 11.9 Å². The van der Waals surface area contributed by atoms with Crippen LogP contribution in [0.15, 0.2) is 10.9 Å². The van der Waals surface area contributed by atoms with Gasteiger partial charge in [-0.1, -0.05) is 6.92 Å². The van der Waals surface area contributed by atoms with Crippen molar-refractivity contribution in [2.75, 3.05) is 26.2 Å². The number of aromatic nitrogens is 2. The van der Waals surface area contributed by atoms with Gasteiger partial charge in [-0.2, -0.15) is 0 Å². The lowest BCUT2D eigenvalue weighted by Crippen LogP contribution is -2.43. The van der Waals surface area contributed by atoms with Crippen molar-refractivity contribution < 1.29 is 4.74 Å². The zero-order chi connectivity index (χ0) is 13.9. The third-order valence-electron chi connectivity index (χ3n) is 4.06. The highest BCUT2D eigenvalue weighted by Crippen LogP contribution is 2.28. The fraction of sp³-hybridized carbons (Fsp3) is 0.714. The summed E-state index contributed by atoms with van der Waals surface area (Å²) >= 11 is 0. The quantitative estimate of drug-likeness (QED) is 0.835. The highest BCUT2D eigenvalue weighted by molar-refractivity contribution is 5.06. The fourth-order valence-corrected chi connectivity index (χ4v) is 3.01. The maximum absolute atomic E-state index is 11.8. The molecule has 6 nitrogen and oxygen atoms in total. The van der Waals surface area contributed by atoms with E-state index in [1.165, 1.54) is 12.8 Å². The normalized spacial score (nSPS) is 26.6. The van der Waals surface area contributed by atoms with E-state index < -0.39 is 0 Å². The molecule has 1 aromatic rings. The zero-order valence-electron chi connectivity index (χ0n) is 11.9. The second-order valence-corrected chi connectivity index (χ2v) is 5.52. The van der Waals surface area contributed by atoms with E-state index in [4.69, 9.17) is 4.74 Å². The Labute approximate surface area is 118 Å². The van der Waals surface area contributed by atoms with Crippen molar-refractivity contribution in [1.29, 1.82) is 0 Å². The van der Waals surface area contributed by atoms with E-state index in [9.17, 15) is 4.79 Å². The van der Waals surface area contributed by atoms with E-state index in [0.29, 0.717) is 18.4 Å². The third-order valence-corrected chi connectivity index (χ3v) is 4.06. The van der Waals surface area contributed by atoms with E-state index >= 15 is 0 Å². The van der Waals surface area contributed by atoms with Crippen molar-refractivity contribution in [2.45, 2.75) is 38.5 Å². The molecule has 2 atom stereocenters. The predicted octanol–water partition coefficient (Wildman–Crippen LogP) is 0.415. The van der Waals surface area contributed by atoms with E-state index in [-0.39, 0.29) is 11.7 Å². The number of nitrogens with zero attached hydrogens (tertiary/aromatic N) is 2. The van der Waals surface area contributed by atoms with Crippen LogP contribution in [0.2, 0.25) is 0 Å². The van der Waals surface area contributed by atoms with Gasteiger partial charge in [0.15, 0.2) is 0 Å². The van der Waals surface area contributed by atoms with Gasteiger partial charge in [0.25, 0.3) is 5.56 Å². The smallest absolute Gasteiger partial charge is 0.251 e. The van der Waals surface area contributed by atoms with E-state index in [0.717, 1.165) is 31.9 Å². The fourth-order valence-electron chi connectivity index (χ4n) is 3.01. The van der Waals surface area contributed by atoms with Gasteiger partial charge < -0.3 is 15.0 Å². The van der Waals surface area contributed by atoms with Crippen molar-refractivity contribution >= 4 is 0 Å². The summed E-state index contributed by atoms with van der Waals surface area (Å²) in [5.74, 6) is 0.663. The Bertz CT molecular complexity index is 516. The Kier molecular flexibility index (Phi) is 4.14. The molecule has 3 heterocycles. The molecule has 0 bridgehead atoms. The molecule has 20 heavy (non-hydrogen) atoms. The van der Waals surface area contributed by atoms with Crippen LogP contribution in [-0.4, -0.2) is 47.2 Å². The highest BCUT2D eigenvalue weighted by atomic mass is 16.5. The van der Waals surface area contributed by atoms with Crippen molar-refractivity contribution in [3.8, 4) is 0 Å². The van der Waals surface area contributed by atoms with E-state index in [2.05, 4.69) is 20.2 Å². The summed E-state index contributed by atoms with van der Waals surface area (Å²) < 4.78 is 5.90. The molecule has 0 aromatic carbocycles. The molecule has 110 valence electrons. The Hall–Kier alpha value is -1.24. The number of nitrogens with one attached hydrogen (secondary N) is 2. The molecule has 0 spiro atoms. The number of ether oxygens (including phenoxy) is 1. The van der Waals surface area contributed by atoms with Crippen LogP contribution in [0.3, 0.4) is 0 Å². The number of hydrogen-bond donors (Lipinski definition) is 2. The van der Waals surface area contributed by atoms with Crippen molar-refractivity contribution in [1.82, 2.24) is 20.2 Å². The Morgan fingerprint density at radius 2 is 2.50 bits per heavy atom. The van der Waals surface area contributed by atoms with Gasteiger partial charge in [-0.25, -0.2) is 4.98 Å². The van der Waals surface area contributed by atoms with Gasteiger partial charge in [-0.15, -0.1) is 0 Å². The van der Waals surface area contributed by atoms with Crippen LogP contribution in [0.1, 0.15) is 37.4 Å². The minimum Gasteiger partial charge on any atom is -0.367 e. The number of hydrogen-bond acceptors (Lipinski definition) is 5. The molecule has 3 rings (SSSR count). The summed E-state index contributed by atoms with van der Waals surface area (Å²) in [7, 11) is 0. The molecule has 2 aliphatic heterocycles. The highest BCUT2D eigenvalue weighted by Gasteiger charge is 2.33. The van der Waals surface area contributed by atoms with E-state index in [1.807, 2.05) is 6.92 Å². The summed E-state index contributed by atoms with van der Waals surface area (Å²) in [6.07, 6.45) is 2.35. The van der Waals surface area contributed by atoms with Gasteiger partial charge in [0, 0.05) is 25.2 Å². The Morgan fingerprint density at radius 3 is 3.35 bits per heavy atom. The van der Waals surface area contributed by atoms with Crippen molar-refractivity contribution in [3.05, 3.63) is 27.9 Å². The molecule has 1 aromatic heterocycles. The minimum atomic E-state index is -0.112. The molecular weight excluding hydrogens is 256 g/mol. The first-order chi connectivity index (χ1) is 9.76. The Morgan fingerprint density at radius 1 is 1.60 bits per heavy atom. The summed E-state index contributed by atoms with van der Waals surface area (Å²) in [6.45, 7) is 6.22. The minimum absolute atomic E-state index is 0.102. The summed E-state index contributed by atoms with van der Waals surface area (Å²) in [6, 6.07) is 2.11. The summed E-state index contributed by atoms with van der Waals surface area (Å²) in [5.41, 5.74) is 0.674. The van der Waals surface area contributed by atoms with Crippen LogP contribution in [0.25, 0.3) is 0 Å². The standard InChI is InChI=1S/C14H22N4O2/c1-2-15-7-10-6-13(19)17-14(16-10)12-8-18-5-3-4-11(18)9-20-12/h6,11-12,15H,2-5,7-9H2,1H3,(H,16,17,19). The summed E-state index contributed by atoms with van der Waals surface area (Å²) in [5, 5.41) is 3.19. The van der Waals surface area contributed by atoms with E-state index in [1.54, 1.807) is 6.07 Å². The molecule has 2 unspecified atom stereocenters. The van der Waals surface area contributed by atoms with Gasteiger partial charge >= 0.3 is 0 Å². The zero-order valence-corrected chi connectivity index (χ0v) is 11.9. The predicted molar refractivity (Wildman–Crippen MR) is 75.5 cm³/mol. The molecule has 0 saturated carbocycles. The maximum atomic E-state index is 11.8. The molecule has 0 aliphatic carbocycles. The molecule has 2 saturated heterocycles. The molecule has 0 amide bonds. The lowest BCUT2D eigenvalue weighted by molar-refractivity contribution is -0.0543. The van der Waals surface area contributed by atoms with Crippen LogP contribution in [-0.2, 0) is 11.3 Å². The monoisotopic (exact) mass is 278 g/mol. The number of aromatic amines is 1. The first-order valence-electron chi connectivity index (χ1n) is 7.42. The first-order valence-corrected chi connectivity index (χ1v) is 7.42. The maximum Gasteiger partial charge on any atom is 0.251 e. The SMILES string of the molecule is CCNCc1cc(=O)[nH]c(C2CN3CCCC3CO2)n1.